The van der Waals surface area contributed by atoms with E-state index in [1.54, 1.807) is 24.3 Å². The number of carbonyl (C=O) groups is 1. The van der Waals surface area contributed by atoms with Crippen molar-refractivity contribution < 1.29 is 19.7 Å². The summed E-state index contributed by atoms with van der Waals surface area (Å²) in [5, 5.41) is 24.7. The molecule has 0 aromatic heterocycles. The Morgan fingerprint density at radius 2 is 1.80 bits per heavy atom. The summed E-state index contributed by atoms with van der Waals surface area (Å²) >= 11 is 5.02. The minimum Gasteiger partial charge on any atom is -0.507 e. The van der Waals surface area contributed by atoms with Crippen LogP contribution in [-0.4, -0.2) is 27.5 Å². The zero-order valence-corrected chi connectivity index (χ0v) is 16.6. The second-order valence-electron chi connectivity index (χ2n) is 6.24. The van der Waals surface area contributed by atoms with E-state index in [0.717, 1.165) is 5.56 Å². The van der Waals surface area contributed by atoms with Crippen LogP contribution >= 0.6 is 12.2 Å². The van der Waals surface area contributed by atoms with Crippen molar-refractivity contribution in [2.24, 2.45) is 10.8 Å². The number of carboxylic acid groups (broad SMARTS) is 1. The summed E-state index contributed by atoms with van der Waals surface area (Å²) in [7, 11) is 0. The molecule has 7 nitrogen and oxygen atoms in total. The van der Waals surface area contributed by atoms with Gasteiger partial charge in [-0.05, 0) is 54.2 Å². The molecule has 0 amide bonds. The van der Waals surface area contributed by atoms with Gasteiger partial charge in [-0.2, -0.15) is 5.10 Å². The van der Waals surface area contributed by atoms with Crippen molar-refractivity contribution >= 4 is 35.2 Å². The fraction of sp³-hybridized carbons (Fsp3) is 0.0455. The van der Waals surface area contributed by atoms with Crippen LogP contribution in [-0.2, 0) is 6.61 Å². The zero-order chi connectivity index (χ0) is 21.5. The first kappa shape index (κ1) is 20.8. The Morgan fingerprint density at radius 1 is 1.10 bits per heavy atom. The molecule has 0 saturated heterocycles. The minimum atomic E-state index is -1.04. The van der Waals surface area contributed by atoms with Crippen LogP contribution in [0.15, 0.2) is 77.9 Å². The molecule has 0 atom stereocenters. The maximum atomic E-state index is 11.0. The van der Waals surface area contributed by atoms with Gasteiger partial charge in [-0.1, -0.05) is 30.3 Å². The van der Waals surface area contributed by atoms with Gasteiger partial charge in [-0.25, -0.2) is 9.80 Å². The molecule has 3 rings (SSSR count). The zero-order valence-electron chi connectivity index (χ0n) is 15.8. The molecular formula is C22H19N3O4S. The second-order valence-corrected chi connectivity index (χ2v) is 6.66. The van der Waals surface area contributed by atoms with Gasteiger partial charge in [0.2, 0.25) is 0 Å². The van der Waals surface area contributed by atoms with Crippen LogP contribution in [0, 0.1) is 0 Å². The van der Waals surface area contributed by atoms with E-state index in [1.165, 1.54) is 29.4 Å². The topological polar surface area (TPSA) is 108 Å². The van der Waals surface area contributed by atoms with E-state index in [9.17, 15) is 9.90 Å². The highest BCUT2D eigenvalue weighted by Crippen LogP contribution is 2.24. The summed E-state index contributed by atoms with van der Waals surface area (Å²) in [6.07, 6.45) is 1.40. The number of anilines is 1. The predicted octanol–water partition coefficient (Wildman–Crippen LogP) is 3.75. The third-order valence-corrected chi connectivity index (χ3v) is 4.30. The van der Waals surface area contributed by atoms with Crippen molar-refractivity contribution in [3.05, 3.63) is 89.5 Å². The molecule has 0 heterocycles. The third-order valence-electron chi connectivity index (χ3n) is 4.13. The normalized spacial score (nSPS) is 10.7. The van der Waals surface area contributed by atoms with Gasteiger partial charge in [0, 0.05) is 11.6 Å². The summed E-state index contributed by atoms with van der Waals surface area (Å²) in [6, 6.07) is 20.5. The average Bonchev–Trinajstić information content (AvgIpc) is 2.74. The van der Waals surface area contributed by atoms with Crippen molar-refractivity contribution in [3.8, 4) is 11.5 Å². The Morgan fingerprint density at radius 3 is 2.40 bits per heavy atom. The summed E-state index contributed by atoms with van der Waals surface area (Å²) in [4.78, 5) is 11.0. The first-order chi connectivity index (χ1) is 14.4. The fourth-order valence-corrected chi connectivity index (χ4v) is 2.73. The van der Waals surface area contributed by atoms with Crippen molar-refractivity contribution in [1.29, 1.82) is 0 Å². The van der Waals surface area contributed by atoms with E-state index in [1.807, 2.05) is 30.3 Å². The standard InChI is InChI=1S/C22H19N3O4S/c23-22(30)25(18-9-6-16(7-10-18)21(27)28)24-13-17-8-11-19(12-20(17)26)29-14-15-4-2-1-3-5-15/h1-13,26H,14H2,(H2,23,30)(H,27,28)/b24-13+. The lowest BCUT2D eigenvalue weighted by molar-refractivity contribution is 0.0697. The van der Waals surface area contributed by atoms with E-state index in [-0.39, 0.29) is 16.4 Å². The lowest BCUT2D eigenvalue weighted by atomic mass is 10.2. The highest BCUT2D eigenvalue weighted by molar-refractivity contribution is 7.80. The molecule has 0 radical (unpaired) electrons. The molecule has 4 N–H and O–H groups in total. The monoisotopic (exact) mass is 421 g/mol. The van der Waals surface area contributed by atoms with Gasteiger partial charge in [-0.3, -0.25) is 0 Å². The molecule has 0 saturated carbocycles. The lowest BCUT2D eigenvalue weighted by Gasteiger charge is -2.17. The number of phenolic OH excluding ortho intramolecular Hbond substituents is 1. The molecule has 0 unspecified atom stereocenters. The lowest BCUT2D eigenvalue weighted by Crippen LogP contribution is -2.31. The van der Waals surface area contributed by atoms with Crippen LogP contribution in [0.5, 0.6) is 11.5 Å². The van der Waals surface area contributed by atoms with Crippen LogP contribution in [0.2, 0.25) is 0 Å². The number of benzene rings is 3. The Bertz CT molecular complexity index is 1070. The number of aromatic carboxylic acids is 1. The van der Waals surface area contributed by atoms with Crippen molar-refractivity contribution in [3.63, 3.8) is 0 Å². The van der Waals surface area contributed by atoms with E-state index < -0.39 is 5.97 Å². The molecule has 8 heteroatoms. The van der Waals surface area contributed by atoms with Crippen molar-refractivity contribution in [2.45, 2.75) is 6.61 Å². The molecule has 30 heavy (non-hydrogen) atoms. The Hall–Kier alpha value is -3.91. The molecule has 3 aromatic carbocycles. The number of ether oxygens (including phenoxy) is 1. The van der Waals surface area contributed by atoms with Gasteiger partial charge < -0.3 is 20.7 Å². The number of hydrogen-bond donors (Lipinski definition) is 3. The highest BCUT2D eigenvalue weighted by atomic mass is 32.1. The van der Waals surface area contributed by atoms with Crippen LogP contribution in [0.3, 0.4) is 0 Å². The van der Waals surface area contributed by atoms with E-state index in [2.05, 4.69) is 5.10 Å². The van der Waals surface area contributed by atoms with Gasteiger partial charge in [0.15, 0.2) is 5.11 Å². The largest absolute Gasteiger partial charge is 0.507 e. The van der Waals surface area contributed by atoms with Crippen LogP contribution < -0.4 is 15.5 Å². The number of carboxylic acids is 1. The minimum absolute atomic E-state index is 0.0200. The van der Waals surface area contributed by atoms with Gasteiger partial charge in [0.1, 0.15) is 18.1 Å². The summed E-state index contributed by atoms with van der Waals surface area (Å²) in [5.74, 6) is -0.538. The number of aromatic hydroxyl groups is 1. The average molecular weight is 421 g/mol. The number of hydrogen-bond acceptors (Lipinski definition) is 5. The predicted molar refractivity (Wildman–Crippen MR) is 119 cm³/mol. The second kappa shape index (κ2) is 9.53. The number of nitrogens with zero attached hydrogens (tertiary/aromatic N) is 2. The Balaban J connectivity index is 1.72. The van der Waals surface area contributed by atoms with Gasteiger partial charge in [-0.15, -0.1) is 0 Å². The summed E-state index contributed by atoms with van der Waals surface area (Å²) in [6.45, 7) is 0.384. The van der Waals surface area contributed by atoms with Gasteiger partial charge in [0.25, 0.3) is 0 Å². The van der Waals surface area contributed by atoms with Crippen molar-refractivity contribution in [1.82, 2.24) is 0 Å². The Kier molecular flexibility index (Phi) is 6.61. The summed E-state index contributed by atoms with van der Waals surface area (Å²) < 4.78 is 5.69. The smallest absolute Gasteiger partial charge is 0.335 e. The first-order valence-electron chi connectivity index (χ1n) is 8.90. The fourth-order valence-electron chi connectivity index (χ4n) is 2.58. The number of hydrazone groups is 1. The van der Waals surface area contributed by atoms with Crippen LogP contribution in [0.25, 0.3) is 0 Å². The maximum Gasteiger partial charge on any atom is 0.335 e. The number of rotatable bonds is 7. The highest BCUT2D eigenvalue weighted by Gasteiger charge is 2.10. The molecular weight excluding hydrogens is 402 g/mol. The first-order valence-corrected chi connectivity index (χ1v) is 9.31. The molecule has 0 aliphatic heterocycles. The molecule has 0 aliphatic carbocycles. The molecule has 0 fully saturated rings. The van der Waals surface area contributed by atoms with E-state index >= 15 is 0 Å². The van der Waals surface area contributed by atoms with E-state index in [4.69, 9.17) is 27.8 Å². The van der Waals surface area contributed by atoms with Gasteiger partial charge in [0.05, 0.1) is 17.5 Å². The molecule has 0 aliphatic rings. The quantitative estimate of drug-likeness (QED) is 0.303. The molecule has 0 spiro atoms. The van der Waals surface area contributed by atoms with Crippen LogP contribution in [0.1, 0.15) is 21.5 Å². The van der Waals surface area contributed by atoms with Crippen LogP contribution in [0.4, 0.5) is 5.69 Å². The SMILES string of the molecule is NC(=S)N(/N=C/c1ccc(OCc2ccccc2)cc1O)c1ccc(C(=O)O)cc1. The number of nitrogens with two attached hydrogens (primary N) is 1. The molecule has 0 bridgehead atoms. The van der Waals surface area contributed by atoms with E-state index in [0.29, 0.717) is 23.6 Å². The molecule has 3 aromatic rings. The third kappa shape index (κ3) is 5.33. The summed E-state index contributed by atoms with van der Waals surface area (Å²) in [5.41, 5.74) is 7.81. The number of phenols is 1. The van der Waals surface area contributed by atoms with Crippen molar-refractivity contribution in [2.75, 3.05) is 5.01 Å². The van der Waals surface area contributed by atoms with Gasteiger partial charge >= 0.3 is 5.97 Å². The number of thiocarbonyl (C=S) groups is 1. The molecule has 152 valence electrons. The maximum absolute atomic E-state index is 11.0. The Labute approximate surface area is 178 Å².